The standard InChI is InChI=1S/C9H19NS2/c1-4-11-6-5-8-10-9(2,3)7-12-8/h8,10H,4-7H2,1-3H3. The van der Waals surface area contributed by atoms with Crippen LogP contribution in [0.4, 0.5) is 0 Å². The van der Waals surface area contributed by atoms with Gasteiger partial charge in [-0.2, -0.15) is 11.8 Å². The van der Waals surface area contributed by atoms with Crippen LogP contribution in [0.15, 0.2) is 0 Å². The fourth-order valence-electron chi connectivity index (χ4n) is 1.32. The van der Waals surface area contributed by atoms with Crippen LogP contribution in [0.3, 0.4) is 0 Å². The zero-order chi connectivity index (χ0) is 9.03. The van der Waals surface area contributed by atoms with Crippen molar-refractivity contribution in [3.63, 3.8) is 0 Å². The second kappa shape index (κ2) is 4.77. The van der Waals surface area contributed by atoms with Gasteiger partial charge < -0.3 is 0 Å². The van der Waals surface area contributed by atoms with Crippen molar-refractivity contribution in [2.45, 2.75) is 38.1 Å². The average Bonchev–Trinajstić information content (AvgIpc) is 2.31. The molecule has 0 saturated carbocycles. The maximum absolute atomic E-state index is 3.64. The molecule has 0 radical (unpaired) electrons. The highest BCUT2D eigenvalue weighted by atomic mass is 32.2. The summed E-state index contributed by atoms with van der Waals surface area (Å²) in [5, 5.41) is 4.35. The van der Waals surface area contributed by atoms with Crippen molar-refractivity contribution >= 4 is 23.5 Å². The maximum Gasteiger partial charge on any atom is 0.0545 e. The molecule has 3 heteroatoms. The molecule has 1 nitrogen and oxygen atoms in total. The summed E-state index contributed by atoms with van der Waals surface area (Å²) in [4.78, 5) is 0. The molecule has 1 fully saturated rings. The van der Waals surface area contributed by atoms with Crippen LogP contribution >= 0.6 is 23.5 Å². The van der Waals surface area contributed by atoms with Crippen molar-refractivity contribution in [3.8, 4) is 0 Å². The molecule has 0 bridgehead atoms. The Morgan fingerprint density at radius 1 is 1.58 bits per heavy atom. The molecule has 1 unspecified atom stereocenters. The summed E-state index contributed by atoms with van der Waals surface area (Å²) in [6, 6.07) is 0. The third kappa shape index (κ3) is 3.58. The largest absolute Gasteiger partial charge is 0.299 e. The van der Waals surface area contributed by atoms with Crippen LogP contribution in [-0.4, -0.2) is 28.2 Å². The third-order valence-electron chi connectivity index (χ3n) is 1.93. The van der Waals surface area contributed by atoms with E-state index in [0.29, 0.717) is 10.9 Å². The number of nitrogens with one attached hydrogen (secondary N) is 1. The molecule has 0 aliphatic carbocycles. The van der Waals surface area contributed by atoms with Gasteiger partial charge in [0.25, 0.3) is 0 Å². The van der Waals surface area contributed by atoms with Crippen molar-refractivity contribution in [3.05, 3.63) is 0 Å². The molecule has 1 rings (SSSR count). The quantitative estimate of drug-likeness (QED) is 0.709. The molecule has 1 aliphatic heterocycles. The first-order valence-electron chi connectivity index (χ1n) is 4.61. The van der Waals surface area contributed by atoms with E-state index in [1.54, 1.807) is 0 Å². The SMILES string of the molecule is CCSCCC1NC(C)(C)CS1. The van der Waals surface area contributed by atoms with E-state index in [0.717, 1.165) is 0 Å². The Bertz CT molecular complexity index is 136. The predicted octanol–water partition coefficient (Wildman–Crippen LogP) is 2.57. The molecule has 0 aromatic rings. The Hall–Kier alpha value is 0.660. The highest BCUT2D eigenvalue weighted by Crippen LogP contribution is 2.28. The Labute approximate surface area is 84.4 Å². The molecule has 0 aromatic heterocycles. The van der Waals surface area contributed by atoms with E-state index in [-0.39, 0.29) is 0 Å². The zero-order valence-corrected chi connectivity index (χ0v) is 9.86. The summed E-state index contributed by atoms with van der Waals surface area (Å²) < 4.78 is 0. The van der Waals surface area contributed by atoms with Crippen LogP contribution in [0.5, 0.6) is 0 Å². The zero-order valence-electron chi connectivity index (χ0n) is 8.22. The van der Waals surface area contributed by atoms with Crippen LogP contribution in [0.25, 0.3) is 0 Å². The molecule has 1 N–H and O–H groups in total. The summed E-state index contributed by atoms with van der Waals surface area (Å²) in [6.07, 6.45) is 1.31. The first-order valence-corrected chi connectivity index (χ1v) is 6.81. The lowest BCUT2D eigenvalue weighted by molar-refractivity contribution is 0.443. The third-order valence-corrected chi connectivity index (χ3v) is 4.50. The molecule has 12 heavy (non-hydrogen) atoms. The van der Waals surface area contributed by atoms with Gasteiger partial charge in [-0.1, -0.05) is 6.92 Å². The summed E-state index contributed by atoms with van der Waals surface area (Å²) in [6.45, 7) is 6.80. The van der Waals surface area contributed by atoms with Gasteiger partial charge in [0.2, 0.25) is 0 Å². The van der Waals surface area contributed by atoms with E-state index in [9.17, 15) is 0 Å². The number of hydrogen-bond acceptors (Lipinski definition) is 3. The smallest absolute Gasteiger partial charge is 0.0545 e. The van der Waals surface area contributed by atoms with Crippen molar-refractivity contribution in [1.29, 1.82) is 0 Å². The van der Waals surface area contributed by atoms with Gasteiger partial charge in [-0.15, -0.1) is 11.8 Å². The van der Waals surface area contributed by atoms with Crippen LogP contribution in [0.2, 0.25) is 0 Å². The van der Waals surface area contributed by atoms with Crippen LogP contribution < -0.4 is 5.32 Å². The summed E-state index contributed by atoms with van der Waals surface area (Å²) in [7, 11) is 0. The molecule has 0 aromatic carbocycles. The number of rotatable bonds is 4. The molecule has 0 amide bonds. The van der Waals surface area contributed by atoms with E-state index >= 15 is 0 Å². The summed E-state index contributed by atoms with van der Waals surface area (Å²) >= 11 is 4.12. The first-order chi connectivity index (χ1) is 5.64. The molecular formula is C9H19NS2. The van der Waals surface area contributed by atoms with Gasteiger partial charge >= 0.3 is 0 Å². The summed E-state index contributed by atoms with van der Waals surface area (Å²) in [5.74, 6) is 3.81. The minimum atomic E-state index is 0.367. The fourth-order valence-corrected chi connectivity index (χ4v) is 3.55. The van der Waals surface area contributed by atoms with E-state index in [2.05, 4.69) is 37.8 Å². The lowest BCUT2D eigenvalue weighted by Gasteiger charge is -2.18. The predicted molar refractivity (Wildman–Crippen MR) is 61.1 cm³/mol. The van der Waals surface area contributed by atoms with Crippen LogP contribution in [-0.2, 0) is 0 Å². The average molecular weight is 205 g/mol. The van der Waals surface area contributed by atoms with Crippen molar-refractivity contribution in [2.75, 3.05) is 17.3 Å². The highest BCUT2D eigenvalue weighted by molar-refractivity contribution is 8.00. The minimum absolute atomic E-state index is 0.367. The monoisotopic (exact) mass is 205 g/mol. The van der Waals surface area contributed by atoms with Crippen molar-refractivity contribution < 1.29 is 0 Å². The highest BCUT2D eigenvalue weighted by Gasteiger charge is 2.29. The lowest BCUT2D eigenvalue weighted by Crippen LogP contribution is -2.38. The molecule has 72 valence electrons. The van der Waals surface area contributed by atoms with Crippen LogP contribution in [0, 0.1) is 0 Å². The van der Waals surface area contributed by atoms with E-state index in [4.69, 9.17) is 0 Å². The molecule has 1 atom stereocenters. The molecular weight excluding hydrogens is 186 g/mol. The molecule has 1 heterocycles. The Morgan fingerprint density at radius 2 is 2.33 bits per heavy atom. The van der Waals surface area contributed by atoms with E-state index in [1.165, 1.54) is 23.7 Å². The van der Waals surface area contributed by atoms with Gasteiger partial charge in [0.1, 0.15) is 0 Å². The summed E-state index contributed by atoms with van der Waals surface area (Å²) in [5.41, 5.74) is 0.367. The maximum atomic E-state index is 3.64. The second-order valence-corrected chi connectivity index (χ2v) is 6.40. The van der Waals surface area contributed by atoms with E-state index < -0.39 is 0 Å². The Morgan fingerprint density at radius 3 is 2.83 bits per heavy atom. The van der Waals surface area contributed by atoms with Gasteiger partial charge in [0.05, 0.1) is 5.37 Å². The topological polar surface area (TPSA) is 12.0 Å². The first kappa shape index (κ1) is 10.7. The minimum Gasteiger partial charge on any atom is -0.299 e. The van der Waals surface area contributed by atoms with Crippen molar-refractivity contribution in [1.82, 2.24) is 5.32 Å². The second-order valence-electron chi connectivity index (χ2n) is 3.81. The molecule has 1 saturated heterocycles. The number of thioether (sulfide) groups is 2. The fraction of sp³-hybridized carbons (Fsp3) is 1.00. The van der Waals surface area contributed by atoms with Gasteiger partial charge in [0.15, 0.2) is 0 Å². The number of hydrogen-bond donors (Lipinski definition) is 1. The van der Waals surface area contributed by atoms with Crippen molar-refractivity contribution in [2.24, 2.45) is 0 Å². The van der Waals surface area contributed by atoms with E-state index in [1.807, 2.05) is 11.8 Å². The lowest BCUT2D eigenvalue weighted by atomic mass is 10.1. The molecule has 1 aliphatic rings. The van der Waals surface area contributed by atoms with Crippen LogP contribution in [0.1, 0.15) is 27.2 Å². The normalized spacial score (nSPS) is 27.8. The Kier molecular flexibility index (Phi) is 4.27. The Balaban J connectivity index is 2.11. The van der Waals surface area contributed by atoms with Gasteiger partial charge in [-0.25, -0.2) is 0 Å². The van der Waals surface area contributed by atoms with Gasteiger partial charge in [-0.3, -0.25) is 5.32 Å². The van der Waals surface area contributed by atoms with Gasteiger partial charge in [-0.05, 0) is 31.8 Å². The molecule has 0 spiro atoms. The van der Waals surface area contributed by atoms with Gasteiger partial charge in [0, 0.05) is 11.3 Å².